The first-order valence-corrected chi connectivity index (χ1v) is 9.46. The number of rotatable bonds is 4. The van der Waals surface area contributed by atoms with Crippen LogP contribution >= 0.6 is 0 Å². The zero-order valence-electron chi connectivity index (χ0n) is 16.8. The van der Waals surface area contributed by atoms with E-state index in [1.165, 1.54) is 17.6 Å². The molecule has 0 aliphatic carbocycles. The number of methoxy groups -OCH3 is 1. The number of hydrogen-bond acceptors (Lipinski definition) is 7. The number of urea groups is 1. The van der Waals surface area contributed by atoms with Gasteiger partial charge in [0.1, 0.15) is 6.54 Å². The average molecular weight is 397 g/mol. The maximum atomic E-state index is 13.1. The summed E-state index contributed by atoms with van der Waals surface area (Å²) in [6, 6.07) is 6.88. The summed E-state index contributed by atoms with van der Waals surface area (Å²) >= 11 is 0. The van der Waals surface area contributed by atoms with E-state index in [1.807, 2.05) is 30.2 Å². The SMILES string of the molecule is CCc1ccc(N2C(C)=CN3C2=NC2C3C(=O)N(CC(=O)OC)C(=O)N2C)cc1. The summed E-state index contributed by atoms with van der Waals surface area (Å²) in [6.07, 6.45) is 2.15. The van der Waals surface area contributed by atoms with Crippen molar-refractivity contribution < 1.29 is 19.1 Å². The predicted octanol–water partition coefficient (Wildman–Crippen LogP) is 1.36. The number of benzene rings is 1. The molecule has 3 amide bonds. The lowest BCUT2D eigenvalue weighted by atomic mass is 10.1. The van der Waals surface area contributed by atoms with Crippen LogP contribution in [0.3, 0.4) is 0 Å². The summed E-state index contributed by atoms with van der Waals surface area (Å²) < 4.78 is 4.63. The molecule has 29 heavy (non-hydrogen) atoms. The molecule has 9 nitrogen and oxygen atoms in total. The van der Waals surface area contributed by atoms with Gasteiger partial charge in [0.25, 0.3) is 5.91 Å². The van der Waals surface area contributed by atoms with Crippen LogP contribution in [-0.4, -0.2) is 71.5 Å². The van der Waals surface area contributed by atoms with Crippen molar-refractivity contribution in [1.29, 1.82) is 0 Å². The highest BCUT2D eigenvalue weighted by atomic mass is 16.5. The smallest absolute Gasteiger partial charge is 0.328 e. The first-order valence-electron chi connectivity index (χ1n) is 9.46. The number of carbonyl (C=O) groups is 3. The highest BCUT2D eigenvalue weighted by Crippen LogP contribution is 2.36. The molecular weight excluding hydrogens is 374 g/mol. The second kappa shape index (κ2) is 6.91. The lowest BCUT2D eigenvalue weighted by molar-refractivity contribution is -0.148. The van der Waals surface area contributed by atoms with Gasteiger partial charge in [-0.3, -0.25) is 19.4 Å². The van der Waals surface area contributed by atoms with Gasteiger partial charge in [-0.1, -0.05) is 19.1 Å². The molecule has 1 aromatic carbocycles. The van der Waals surface area contributed by atoms with Crippen LogP contribution in [0.5, 0.6) is 0 Å². The van der Waals surface area contributed by atoms with E-state index in [0.29, 0.717) is 5.96 Å². The summed E-state index contributed by atoms with van der Waals surface area (Å²) in [7, 11) is 2.80. The monoisotopic (exact) mass is 397 g/mol. The van der Waals surface area contributed by atoms with Crippen LogP contribution in [0.2, 0.25) is 0 Å². The van der Waals surface area contributed by atoms with Crippen LogP contribution in [0.1, 0.15) is 19.4 Å². The van der Waals surface area contributed by atoms with Crippen molar-refractivity contribution in [3.63, 3.8) is 0 Å². The largest absolute Gasteiger partial charge is 0.468 e. The summed E-state index contributed by atoms with van der Waals surface area (Å²) in [4.78, 5) is 48.2. The minimum Gasteiger partial charge on any atom is -0.468 e. The van der Waals surface area contributed by atoms with Crippen molar-refractivity contribution in [2.45, 2.75) is 32.5 Å². The Bertz CT molecular complexity index is 939. The molecule has 3 aliphatic rings. The van der Waals surface area contributed by atoms with E-state index in [2.05, 4.69) is 23.8 Å². The van der Waals surface area contributed by atoms with E-state index >= 15 is 0 Å². The number of ether oxygens (including phenoxy) is 1. The Hall–Kier alpha value is -3.36. The number of carbonyl (C=O) groups excluding carboxylic acids is 3. The molecule has 0 saturated carbocycles. The molecule has 0 aromatic heterocycles. The number of guanidine groups is 1. The third-order valence-electron chi connectivity index (χ3n) is 5.51. The summed E-state index contributed by atoms with van der Waals surface area (Å²) in [5.41, 5.74) is 3.08. The van der Waals surface area contributed by atoms with Crippen molar-refractivity contribution in [2.24, 2.45) is 4.99 Å². The summed E-state index contributed by atoms with van der Waals surface area (Å²) in [6.45, 7) is 3.62. The Kier molecular flexibility index (Phi) is 4.52. The highest BCUT2D eigenvalue weighted by Gasteiger charge is 2.54. The van der Waals surface area contributed by atoms with Gasteiger partial charge >= 0.3 is 12.0 Å². The molecule has 4 rings (SSSR count). The topological polar surface area (TPSA) is 85.8 Å². The Balaban J connectivity index is 1.67. The normalized spacial score (nSPS) is 23.2. The van der Waals surface area contributed by atoms with Gasteiger partial charge in [0, 0.05) is 24.6 Å². The minimum atomic E-state index is -0.716. The Morgan fingerprint density at radius 3 is 2.52 bits per heavy atom. The van der Waals surface area contributed by atoms with Crippen LogP contribution in [0, 0.1) is 0 Å². The Morgan fingerprint density at radius 1 is 1.21 bits per heavy atom. The molecule has 1 aromatic rings. The zero-order chi connectivity index (χ0) is 20.9. The lowest BCUT2D eigenvalue weighted by Crippen LogP contribution is -2.65. The van der Waals surface area contributed by atoms with Crippen molar-refractivity contribution in [3.8, 4) is 0 Å². The number of amides is 3. The van der Waals surface area contributed by atoms with Gasteiger partial charge in [0.05, 0.1) is 7.11 Å². The lowest BCUT2D eigenvalue weighted by Gasteiger charge is -2.39. The van der Waals surface area contributed by atoms with Crippen molar-refractivity contribution >= 4 is 29.6 Å². The van der Waals surface area contributed by atoms with Crippen molar-refractivity contribution in [2.75, 3.05) is 25.6 Å². The van der Waals surface area contributed by atoms with E-state index in [0.717, 1.165) is 22.7 Å². The molecule has 9 heteroatoms. The van der Waals surface area contributed by atoms with Gasteiger partial charge in [-0.25, -0.2) is 9.79 Å². The number of esters is 1. The number of hydrogen-bond donors (Lipinski definition) is 0. The second-order valence-corrected chi connectivity index (χ2v) is 7.21. The number of allylic oxidation sites excluding steroid dienone is 1. The van der Waals surface area contributed by atoms with Crippen LogP contribution < -0.4 is 4.90 Å². The summed E-state index contributed by atoms with van der Waals surface area (Å²) in [5.74, 6) is -0.521. The number of nitrogens with zero attached hydrogens (tertiary/aromatic N) is 5. The number of fused-ring (bicyclic) bond motifs is 3. The van der Waals surface area contributed by atoms with Gasteiger partial charge in [0.15, 0.2) is 12.2 Å². The maximum absolute atomic E-state index is 13.1. The highest BCUT2D eigenvalue weighted by molar-refractivity contribution is 6.10. The first kappa shape index (κ1) is 19.0. The molecule has 0 bridgehead atoms. The van der Waals surface area contributed by atoms with E-state index in [4.69, 9.17) is 4.99 Å². The van der Waals surface area contributed by atoms with Crippen LogP contribution in [0.15, 0.2) is 41.2 Å². The Morgan fingerprint density at radius 2 is 1.90 bits per heavy atom. The van der Waals surface area contributed by atoms with Crippen molar-refractivity contribution in [1.82, 2.24) is 14.7 Å². The maximum Gasteiger partial charge on any atom is 0.328 e. The molecule has 0 radical (unpaired) electrons. The molecule has 2 unspecified atom stereocenters. The van der Waals surface area contributed by atoms with Gasteiger partial charge in [0.2, 0.25) is 5.96 Å². The quantitative estimate of drug-likeness (QED) is 0.714. The van der Waals surface area contributed by atoms with Crippen LogP contribution in [0.4, 0.5) is 10.5 Å². The summed E-state index contributed by atoms with van der Waals surface area (Å²) in [5, 5.41) is 0. The number of anilines is 1. The zero-order valence-corrected chi connectivity index (χ0v) is 16.8. The molecule has 1 fully saturated rings. The van der Waals surface area contributed by atoms with Gasteiger partial charge in [-0.15, -0.1) is 0 Å². The van der Waals surface area contributed by atoms with Gasteiger partial charge in [-0.05, 0) is 31.0 Å². The van der Waals surface area contributed by atoms with Gasteiger partial charge < -0.3 is 14.5 Å². The molecule has 3 heterocycles. The van der Waals surface area contributed by atoms with Gasteiger partial charge in [-0.2, -0.15) is 0 Å². The molecule has 3 aliphatic heterocycles. The standard InChI is InChI=1S/C20H23N5O4/c1-5-13-6-8-14(9-7-13)25-12(2)10-23-16-17(21-19(23)25)22(3)20(28)24(18(16)27)11-15(26)29-4/h6-10,16-17H,5,11H2,1-4H3. The molecular formula is C20H23N5O4. The molecule has 2 atom stereocenters. The van der Waals surface area contributed by atoms with Crippen LogP contribution in [-0.2, 0) is 20.7 Å². The third kappa shape index (κ3) is 2.84. The number of aryl methyl sites for hydroxylation is 1. The molecule has 152 valence electrons. The number of aliphatic imine (C=N–C) groups is 1. The fourth-order valence-electron chi connectivity index (χ4n) is 3.89. The predicted molar refractivity (Wildman–Crippen MR) is 106 cm³/mol. The van der Waals surface area contributed by atoms with E-state index in [1.54, 1.807) is 11.9 Å². The van der Waals surface area contributed by atoms with E-state index in [9.17, 15) is 14.4 Å². The molecule has 1 saturated heterocycles. The van der Waals surface area contributed by atoms with E-state index in [-0.39, 0.29) is 0 Å². The molecule has 0 spiro atoms. The van der Waals surface area contributed by atoms with E-state index < -0.39 is 36.7 Å². The number of imide groups is 1. The third-order valence-corrected chi connectivity index (χ3v) is 5.51. The first-order chi connectivity index (χ1) is 13.9. The average Bonchev–Trinajstić information content (AvgIpc) is 3.24. The fourth-order valence-corrected chi connectivity index (χ4v) is 3.89. The minimum absolute atomic E-state index is 0.421. The fraction of sp³-hybridized carbons (Fsp3) is 0.400. The van der Waals surface area contributed by atoms with Crippen molar-refractivity contribution in [3.05, 3.63) is 41.7 Å². The molecule has 0 N–H and O–H groups in total. The number of likely N-dealkylation sites (N-methyl/N-ethyl adjacent to an activating group) is 1. The van der Waals surface area contributed by atoms with Crippen LogP contribution in [0.25, 0.3) is 0 Å². The second-order valence-electron chi connectivity index (χ2n) is 7.21. The Labute approximate surface area is 168 Å².